The van der Waals surface area contributed by atoms with E-state index in [0.29, 0.717) is 0 Å². The minimum atomic E-state index is -1.39. The number of carbonyl (C=O) groups is 2. The molecule has 0 aromatic carbocycles. The molecular weight excluding hydrogens is 285 g/mol. The molecular formula is C11H22AsNO4. The molecule has 0 aromatic rings. The topological polar surface area (TPSA) is 75.6 Å². The molecule has 0 radical (unpaired) electrons. The van der Waals surface area contributed by atoms with E-state index in [1.165, 1.54) is 0 Å². The summed E-state index contributed by atoms with van der Waals surface area (Å²) in [5, 5.41) is 12.0. The molecule has 0 aliphatic carbocycles. The molecule has 0 saturated carbocycles. The van der Waals surface area contributed by atoms with Crippen molar-refractivity contribution in [3.63, 3.8) is 0 Å². The fraction of sp³-hybridized carbons (Fsp3) is 0.818. The molecule has 0 fully saturated rings. The van der Waals surface area contributed by atoms with Crippen LogP contribution in [0.15, 0.2) is 0 Å². The number of carboxylic acids is 1. The van der Waals surface area contributed by atoms with Crippen LogP contribution in [0.2, 0.25) is 0 Å². The quantitative estimate of drug-likeness (QED) is 0.762. The van der Waals surface area contributed by atoms with E-state index in [1.54, 1.807) is 20.8 Å². The normalized spacial score (nSPS) is 14.9. The van der Waals surface area contributed by atoms with Gasteiger partial charge in [0.25, 0.3) is 0 Å². The molecule has 0 bridgehead atoms. The Kier molecular flexibility index (Phi) is 5.69. The second-order valence-electron chi connectivity index (χ2n) is 5.81. The summed E-state index contributed by atoms with van der Waals surface area (Å²) in [6, 6.07) is 0. The zero-order valence-corrected chi connectivity index (χ0v) is 13.3. The van der Waals surface area contributed by atoms with Gasteiger partial charge in [-0.05, 0) is 0 Å². The first-order chi connectivity index (χ1) is 7.41. The predicted octanol–water partition coefficient (Wildman–Crippen LogP) is 1.16. The molecule has 0 saturated heterocycles. The summed E-state index contributed by atoms with van der Waals surface area (Å²) in [7, 11) is 0. The number of ether oxygens (including phenoxy) is 1. The molecule has 2 N–H and O–H groups in total. The zero-order valence-electron chi connectivity index (χ0n) is 11.2. The third-order valence-electron chi connectivity index (χ3n) is 1.49. The van der Waals surface area contributed by atoms with Gasteiger partial charge in [-0.3, -0.25) is 0 Å². The van der Waals surface area contributed by atoms with Crippen LogP contribution < -0.4 is 5.32 Å². The Bertz CT molecular complexity index is 291. The van der Waals surface area contributed by atoms with Crippen molar-refractivity contribution < 1.29 is 19.4 Å². The Hall–Kier alpha value is -0.542. The molecule has 100 valence electrons. The second-order valence-corrected chi connectivity index (χ2v) is 8.49. The number of nitrogens with one attached hydrogen (secondary N) is 1. The van der Waals surface area contributed by atoms with E-state index in [2.05, 4.69) is 5.32 Å². The third kappa shape index (κ3) is 9.19. The van der Waals surface area contributed by atoms with Gasteiger partial charge in [-0.1, -0.05) is 0 Å². The molecule has 2 atom stereocenters. The second kappa shape index (κ2) is 5.87. The van der Waals surface area contributed by atoms with Crippen LogP contribution in [0.3, 0.4) is 0 Å². The number of carboxylic acid groups (broad SMARTS) is 1. The van der Waals surface area contributed by atoms with E-state index in [-0.39, 0.29) is 10.3 Å². The Morgan fingerprint density at radius 3 is 1.94 bits per heavy atom. The SMILES string of the molecule is CC(C)(C)N[C@@H]([AsH]C(=O)OC(C)(C)C)C(=O)O. The van der Waals surface area contributed by atoms with Crippen molar-refractivity contribution >= 4 is 26.5 Å². The minimum absolute atomic E-state index is 0.339. The van der Waals surface area contributed by atoms with Gasteiger partial charge in [0.1, 0.15) is 0 Å². The van der Waals surface area contributed by atoms with Gasteiger partial charge >= 0.3 is 109 Å². The summed E-state index contributed by atoms with van der Waals surface area (Å²) in [5.74, 6) is -0.995. The molecule has 0 aliphatic rings. The van der Waals surface area contributed by atoms with Crippen LogP contribution in [-0.4, -0.2) is 47.6 Å². The van der Waals surface area contributed by atoms with Crippen molar-refractivity contribution in [1.29, 1.82) is 0 Å². The Morgan fingerprint density at radius 2 is 1.65 bits per heavy atom. The Balaban J connectivity index is 4.47. The van der Waals surface area contributed by atoms with Gasteiger partial charge in [-0.15, -0.1) is 0 Å². The fourth-order valence-electron chi connectivity index (χ4n) is 1.02. The van der Waals surface area contributed by atoms with E-state index in [0.717, 1.165) is 0 Å². The Labute approximate surface area is 109 Å². The number of hydrogen-bond donors (Lipinski definition) is 2. The van der Waals surface area contributed by atoms with Crippen LogP contribution in [0.1, 0.15) is 41.5 Å². The first-order valence-electron chi connectivity index (χ1n) is 5.41. The number of rotatable bonds is 4. The molecule has 0 spiro atoms. The fourth-order valence-corrected chi connectivity index (χ4v) is 3.60. The summed E-state index contributed by atoms with van der Waals surface area (Å²) in [6.07, 6.45) is 0. The third-order valence-corrected chi connectivity index (χ3v) is 3.62. The summed E-state index contributed by atoms with van der Waals surface area (Å²) in [4.78, 5) is 21.8. The van der Waals surface area contributed by atoms with Crippen LogP contribution in [0.5, 0.6) is 0 Å². The van der Waals surface area contributed by atoms with Crippen molar-refractivity contribution in [3.05, 3.63) is 0 Å². The molecule has 1 unspecified atom stereocenters. The van der Waals surface area contributed by atoms with Gasteiger partial charge < -0.3 is 0 Å². The average molecular weight is 307 g/mol. The van der Waals surface area contributed by atoms with Crippen molar-refractivity contribution in [2.45, 2.75) is 57.5 Å². The van der Waals surface area contributed by atoms with E-state index in [1.807, 2.05) is 20.8 Å². The summed E-state index contributed by atoms with van der Waals surface area (Å²) in [5.41, 5.74) is -0.903. The van der Waals surface area contributed by atoms with Crippen LogP contribution in [0, 0.1) is 0 Å². The van der Waals surface area contributed by atoms with Gasteiger partial charge in [0.2, 0.25) is 0 Å². The van der Waals surface area contributed by atoms with E-state index in [4.69, 9.17) is 9.84 Å². The molecule has 0 heterocycles. The number of aliphatic carboxylic acids is 1. The van der Waals surface area contributed by atoms with Crippen molar-refractivity contribution in [2.24, 2.45) is 0 Å². The molecule has 6 heteroatoms. The molecule has 0 aromatic heterocycles. The Morgan fingerprint density at radius 1 is 1.18 bits per heavy atom. The maximum absolute atomic E-state index is 11.6. The molecule has 0 rings (SSSR count). The van der Waals surface area contributed by atoms with Gasteiger partial charge in [0, 0.05) is 0 Å². The van der Waals surface area contributed by atoms with Gasteiger partial charge in [0.15, 0.2) is 0 Å². The zero-order chi connectivity index (χ0) is 13.9. The average Bonchev–Trinajstić information content (AvgIpc) is 1.95. The monoisotopic (exact) mass is 307 g/mol. The van der Waals surface area contributed by atoms with Crippen LogP contribution in [-0.2, 0) is 9.53 Å². The summed E-state index contributed by atoms with van der Waals surface area (Å²) < 4.78 is 4.76. The number of hydrogen-bond acceptors (Lipinski definition) is 4. The van der Waals surface area contributed by atoms with Crippen molar-refractivity contribution in [1.82, 2.24) is 5.32 Å². The predicted molar refractivity (Wildman–Crippen MR) is 67.7 cm³/mol. The van der Waals surface area contributed by atoms with Crippen LogP contribution in [0.25, 0.3) is 0 Å². The van der Waals surface area contributed by atoms with Crippen LogP contribution >= 0.6 is 0 Å². The van der Waals surface area contributed by atoms with E-state index in [9.17, 15) is 9.59 Å². The maximum atomic E-state index is 11.6. The number of carbonyl (C=O) groups excluding carboxylic acids is 1. The summed E-state index contributed by atoms with van der Waals surface area (Å²) in [6.45, 7) is 10.9. The van der Waals surface area contributed by atoms with E-state index >= 15 is 0 Å². The molecule has 0 amide bonds. The van der Waals surface area contributed by atoms with Crippen molar-refractivity contribution in [3.8, 4) is 0 Å². The van der Waals surface area contributed by atoms with Gasteiger partial charge in [0.05, 0.1) is 0 Å². The molecule has 17 heavy (non-hydrogen) atoms. The standard InChI is InChI=1S/C11H22AsNO4/c1-10(2,3)13-7(8(14)15)12-9(16)17-11(4,5)6/h7,12-13H,1-6H3,(H,14,15)/t7-/m1/s1. The summed E-state index contributed by atoms with van der Waals surface area (Å²) >= 11 is -1.39. The van der Waals surface area contributed by atoms with Crippen LogP contribution in [0.4, 0.5) is 4.79 Å². The molecule has 5 nitrogen and oxygen atoms in total. The first kappa shape index (κ1) is 16.5. The van der Waals surface area contributed by atoms with Gasteiger partial charge in [-0.2, -0.15) is 0 Å². The van der Waals surface area contributed by atoms with E-state index < -0.39 is 32.2 Å². The van der Waals surface area contributed by atoms with Crippen molar-refractivity contribution in [2.75, 3.05) is 0 Å². The first-order valence-corrected chi connectivity index (χ1v) is 7.67. The van der Waals surface area contributed by atoms with Gasteiger partial charge in [-0.25, -0.2) is 0 Å². The molecule has 0 aliphatic heterocycles.